The highest BCUT2D eigenvalue weighted by atomic mass is 79.9. The number of carboxylic acid groups (broad SMARTS) is 1. The molecule has 0 aromatic heterocycles. The molecule has 0 atom stereocenters. The lowest BCUT2D eigenvalue weighted by Gasteiger charge is -1.98. The van der Waals surface area contributed by atoms with Crippen molar-refractivity contribution >= 4 is 33.3 Å². The fraction of sp³-hybridized carbons (Fsp3) is 0. The molecule has 5 heteroatoms. The Morgan fingerprint density at radius 1 is 1.46 bits per heavy atom. The maximum Gasteiger partial charge on any atom is 0.357 e. The Balaban J connectivity index is 2.56. The predicted molar refractivity (Wildman–Crippen MR) is 50.1 cm³/mol. The van der Waals surface area contributed by atoms with Crippen LogP contribution in [0.25, 0.3) is 0 Å². The molecule has 0 spiro atoms. The van der Waals surface area contributed by atoms with E-state index in [1.807, 2.05) is 0 Å². The van der Waals surface area contributed by atoms with Gasteiger partial charge in [-0.05, 0) is 22.0 Å². The van der Waals surface area contributed by atoms with Crippen LogP contribution in [0.2, 0.25) is 0 Å². The minimum atomic E-state index is -1.06. The Kier molecular flexibility index (Phi) is 1.81. The van der Waals surface area contributed by atoms with Crippen LogP contribution >= 0.6 is 15.9 Å². The van der Waals surface area contributed by atoms with E-state index in [1.54, 1.807) is 18.2 Å². The number of rotatable bonds is 1. The number of nitrogens with zero attached hydrogens (tertiary/aromatic N) is 2. The number of halogens is 1. The summed E-state index contributed by atoms with van der Waals surface area (Å²) in [5, 5.41) is 12.3. The van der Waals surface area contributed by atoms with E-state index < -0.39 is 5.97 Å². The molecule has 65 valence electrons. The van der Waals surface area contributed by atoms with Crippen molar-refractivity contribution in [2.45, 2.75) is 0 Å². The van der Waals surface area contributed by atoms with Crippen LogP contribution in [0.15, 0.2) is 27.8 Å². The first-order valence-corrected chi connectivity index (χ1v) is 4.30. The van der Waals surface area contributed by atoms with E-state index >= 15 is 0 Å². The summed E-state index contributed by atoms with van der Waals surface area (Å²) in [6.45, 7) is 0. The van der Waals surface area contributed by atoms with Crippen molar-refractivity contribution < 1.29 is 9.90 Å². The van der Waals surface area contributed by atoms with Gasteiger partial charge in [0.1, 0.15) is 5.69 Å². The molecular formula is C8H4BrN2O2. The Morgan fingerprint density at radius 3 is 2.92 bits per heavy atom. The zero-order chi connectivity index (χ0) is 9.42. The second kappa shape index (κ2) is 2.85. The molecular weight excluding hydrogens is 236 g/mol. The Labute approximate surface area is 82.4 Å². The molecule has 0 saturated carbocycles. The molecule has 2 rings (SSSR count). The van der Waals surface area contributed by atoms with Gasteiger partial charge in [0.15, 0.2) is 5.71 Å². The maximum absolute atomic E-state index is 10.7. The number of fused-ring (bicyclic) bond motifs is 1. The van der Waals surface area contributed by atoms with Gasteiger partial charge in [-0.2, -0.15) is 0 Å². The average molecular weight is 240 g/mol. The summed E-state index contributed by atoms with van der Waals surface area (Å²) < 4.78 is 0.755. The maximum atomic E-state index is 10.7. The fourth-order valence-electron chi connectivity index (χ4n) is 1.12. The van der Waals surface area contributed by atoms with E-state index in [0.29, 0.717) is 11.3 Å². The van der Waals surface area contributed by atoms with Gasteiger partial charge < -0.3 is 5.11 Å². The van der Waals surface area contributed by atoms with Gasteiger partial charge in [-0.25, -0.2) is 4.79 Å². The van der Waals surface area contributed by atoms with Crippen molar-refractivity contribution in [1.82, 2.24) is 5.43 Å². The van der Waals surface area contributed by atoms with Crippen LogP contribution in [0.3, 0.4) is 0 Å². The topological polar surface area (TPSA) is 63.8 Å². The van der Waals surface area contributed by atoms with Gasteiger partial charge in [0.25, 0.3) is 0 Å². The van der Waals surface area contributed by atoms with Crippen LogP contribution in [0.4, 0.5) is 5.69 Å². The Morgan fingerprint density at radius 2 is 2.23 bits per heavy atom. The Bertz CT molecular complexity index is 415. The third-order valence-corrected chi connectivity index (χ3v) is 2.33. The van der Waals surface area contributed by atoms with E-state index in [1.165, 1.54) is 0 Å². The molecule has 13 heavy (non-hydrogen) atoms. The van der Waals surface area contributed by atoms with Crippen molar-refractivity contribution in [2.75, 3.05) is 0 Å². The molecule has 1 aromatic carbocycles. The number of aliphatic carboxylic acids is 1. The first-order valence-electron chi connectivity index (χ1n) is 3.51. The van der Waals surface area contributed by atoms with Crippen LogP contribution in [-0.2, 0) is 4.79 Å². The van der Waals surface area contributed by atoms with Gasteiger partial charge in [-0.3, -0.25) is 0 Å². The third-order valence-electron chi connectivity index (χ3n) is 1.69. The predicted octanol–water partition coefficient (Wildman–Crippen LogP) is 1.49. The summed E-state index contributed by atoms with van der Waals surface area (Å²) in [5.74, 6) is -1.06. The molecule has 0 fully saturated rings. The van der Waals surface area contributed by atoms with Crippen molar-refractivity contribution in [3.63, 3.8) is 0 Å². The average Bonchev–Trinajstić information content (AvgIpc) is 2.48. The largest absolute Gasteiger partial charge is 0.476 e. The first-order chi connectivity index (χ1) is 6.20. The van der Waals surface area contributed by atoms with Gasteiger partial charge in [-0.15, -0.1) is 10.5 Å². The molecule has 1 heterocycles. The van der Waals surface area contributed by atoms with E-state index in [-0.39, 0.29) is 5.71 Å². The molecule has 0 amide bonds. The number of hydrogen-bond acceptors (Lipinski definition) is 2. The van der Waals surface area contributed by atoms with Gasteiger partial charge >= 0.3 is 5.97 Å². The number of carboxylic acids is 1. The quantitative estimate of drug-likeness (QED) is 0.808. The second-order valence-corrected chi connectivity index (χ2v) is 3.34. The van der Waals surface area contributed by atoms with Gasteiger partial charge in [0.05, 0.1) is 0 Å². The van der Waals surface area contributed by atoms with Gasteiger partial charge in [-0.1, -0.05) is 12.1 Å². The molecule has 0 saturated heterocycles. The summed E-state index contributed by atoms with van der Waals surface area (Å²) in [7, 11) is 0. The van der Waals surface area contributed by atoms with E-state index in [0.717, 1.165) is 4.47 Å². The van der Waals surface area contributed by atoms with Crippen LogP contribution in [0.5, 0.6) is 0 Å². The number of hydrogen-bond donors (Lipinski definition) is 1. The molecule has 1 radical (unpaired) electrons. The minimum absolute atomic E-state index is 0.00343. The smallest absolute Gasteiger partial charge is 0.357 e. The fourth-order valence-corrected chi connectivity index (χ4v) is 1.57. The number of carbonyl (C=O) groups is 1. The minimum Gasteiger partial charge on any atom is -0.476 e. The molecule has 1 aromatic rings. The van der Waals surface area contributed by atoms with Crippen LogP contribution in [-0.4, -0.2) is 16.8 Å². The zero-order valence-electron chi connectivity index (χ0n) is 6.36. The second-order valence-electron chi connectivity index (χ2n) is 2.49. The molecule has 1 aliphatic rings. The van der Waals surface area contributed by atoms with Crippen molar-refractivity contribution in [2.24, 2.45) is 5.10 Å². The molecule has 0 bridgehead atoms. The summed E-state index contributed by atoms with van der Waals surface area (Å²) in [6.07, 6.45) is 0. The van der Waals surface area contributed by atoms with Crippen LogP contribution in [0, 0.1) is 0 Å². The van der Waals surface area contributed by atoms with E-state index in [4.69, 9.17) is 5.11 Å². The highest BCUT2D eigenvalue weighted by Gasteiger charge is 2.24. The summed E-state index contributed by atoms with van der Waals surface area (Å²) >= 11 is 3.26. The molecule has 4 nitrogen and oxygen atoms in total. The lowest BCUT2D eigenvalue weighted by Crippen LogP contribution is -2.11. The monoisotopic (exact) mass is 239 g/mol. The van der Waals surface area contributed by atoms with Crippen LogP contribution < -0.4 is 5.43 Å². The molecule has 0 aliphatic carbocycles. The van der Waals surface area contributed by atoms with Crippen molar-refractivity contribution in [3.05, 3.63) is 28.2 Å². The van der Waals surface area contributed by atoms with Gasteiger partial charge in [0, 0.05) is 10.0 Å². The van der Waals surface area contributed by atoms with Crippen molar-refractivity contribution in [3.8, 4) is 0 Å². The first kappa shape index (κ1) is 8.25. The normalized spacial score (nSPS) is 13.2. The summed E-state index contributed by atoms with van der Waals surface area (Å²) in [6, 6.07) is 5.23. The summed E-state index contributed by atoms with van der Waals surface area (Å²) in [4.78, 5) is 10.7. The number of benzene rings is 1. The van der Waals surface area contributed by atoms with E-state index in [9.17, 15) is 4.79 Å². The van der Waals surface area contributed by atoms with Gasteiger partial charge in [0.2, 0.25) is 0 Å². The lowest BCUT2D eigenvalue weighted by molar-refractivity contribution is -0.129. The zero-order valence-corrected chi connectivity index (χ0v) is 7.95. The summed E-state index contributed by atoms with van der Waals surface area (Å²) in [5.41, 5.74) is 4.90. The Hall–Kier alpha value is -1.36. The highest BCUT2D eigenvalue weighted by Crippen LogP contribution is 2.30. The van der Waals surface area contributed by atoms with Crippen molar-refractivity contribution in [1.29, 1.82) is 0 Å². The highest BCUT2D eigenvalue weighted by molar-refractivity contribution is 9.10. The lowest BCUT2D eigenvalue weighted by atomic mass is 10.1. The third kappa shape index (κ3) is 1.21. The molecule has 1 N–H and O–H groups in total. The molecule has 0 unspecified atom stereocenters. The SMILES string of the molecule is O=C(O)C1=N[N]c2c(Br)cccc21. The van der Waals surface area contributed by atoms with E-state index in [2.05, 4.69) is 26.5 Å². The molecule has 1 aliphatic heterocycles. The van der Waals surface area contributed by atoms with Crippen LogP contribution in [0.1, 0.15) is 5.56 Å². The standard InChI is InChI=1S/C8H4BrN2O2/c9-5-3-1-2-4-6(5)10-11-7(4)8(12)13/h1-3H,(H,12,13).